The summed E-state index contributed by atoms with van der Waals surface area (Å²) in [5.74, 6) is -0.231. The van der Waals surface area contributed by atoms with E-state index in [1.54, 1.807) is 9.36 Å². The van der Waals surface area contributed by atoms with E-state index in [0.29, 0.717) is 25.2 Å². The number of tetrazole rings is 1. The molecule has 2 heterocycles. The van der Waals surface area contributed by atoms with Crippen LogP contribution in [0.3, 0.4) is 0 Å². The lowest BCUT2D eigenvalue weighted by atomic mass is 10.1. The van der Waals surface area contributed by atoms with Gasteiger partial charge in [0.25, 0.3) is 0 Å². The summed E-state index contributed by atoms with van der Waals surface area (Å²) < 4.78 is 3.25. The molecule has 0 aromatic carbocycles. The predicted octanol–water partition coefficient (Wildman–Crippen LogP) is 0.247. The SMILES string of the molecule is Cc1cc(-c2nnnn2CC2(C(=O)O)CC2)n(C)n1. The van der Waals surface area contributed by atoms with E-state index in [0.717, 1.165) is 11.4 Å². The van der Waals surface area contributed by atoms with Crippen LogP contribution in [0.5, 0.6) is 0 Å². The Hall–Kier alpha value is -2.25. The van der Waals surface area contributed by atoms with Gasteiger partial charge in [-0.2, -0.15) is 5.10 Å². The van der Waals surface area contributed by atoms with E-state index < -0.39 is 11.4 Å². The maximum absolute atomic E-state index is 11.2. The third-order valence-electron chi connectivity index (χ3n) is 3.52. The molecule has 0 unspecified atom stereocenters. The third kappa shape index (κ3) is 1.88. The lowest BCUT2D eigenvalue weighted by Gasteiger charge is -2.10. The van der Waals surface area contributed by atoms with Gasteiger partial charge < -0.3 is 5.11 Å². The lowest BCUT2D eigenvalue weighted by Crippen LogP contribution is -2.23. The summed E-state index contributed by atoms with van der Waals surface area (Å²) in [7, 11) is 1.81. The number of aryl methyl sites for hydroxylation is 2. The van der Waals surface area contributed by atoms with Crippen molar-refractivity contribution in [3.63, 3.8) is 0 Å². The molecule has 0 aliphatic heterocycles. The minimum Gasteiger partial charge on any atom is -0.481 e. The average molecular weight is 262 g/mol. The first-order valence-electron chi connectivity index (χ1n) is 6.02. The Morgan fingerprint density at radius 2 is 2.26 bits per heavy atom. The monoisotopic (exact) mass is 262 g/mol. The van der Waals surface area contributed by atoms with E-state index in [2.05, 4.69) is 20.6 Å². The number of carboxylic acids is 1. The summed E-state index contributed by atoms with van der Waals surface area (Å²) in [6, 6.07) is 1.88. The first-order chi connectivity index (χ1) is 9.02. The summed E-state index contributed by atoms with van der Waals surface area (Å²) in [5, 5.41) is 25.0. The molecule has 1 N–H and O–H groups in total. The van der Waals surface area contributed by atoms with Crippen molar-refractivity contribution in [2.24, 2.45) is 12.5 Å². The molecule has 19 heavy (non-hydrogen) atoms. The minimum absolute atomic E-state index is 0.300. The molecular weight excluding hydrogens is 248 g/mol. The maximum Gasteiger partial charge on any atom is 0.311 e. The molecule has 0 atom stereocenters. The molecular formula is C11H14N6O2. The molecule has 0 amide bonds. The summed E-state index contributed by atoms with van der Waals surface area (Å²) >= 11 is 0. The quantitative estimate of drug-likeness (QED) is 0.847. The highest BCUT2D eigenvalue weighted by molar-refractivity contribution is 5.77. The summed E-state index contributed by atoms with van der Waals surface area (Å²) in [5.41, 5.74) is 0.952. The van der Waals surface area contributed by atoms with E-state index in [1.165, 1.54) is 0 Å². The highest BCUT2D eigenvalue weighted by Gasteiger charge is 2.51. The largest absolute Gasteiger partial charge is 0.481 e. The Kier molecular flexibility index (Phi) is 2.41. The number of aliphatic carboxylic acids is 1. The van der Waals surface area contributed by atoms with Crippen LogP contribution in [0.15, 0.2) is 6.07 Å². The number of nitrogens with zero attached hydrogens (tertiary/aromatic N) is 6. The second-order valence-electron chi connectivity index (χ2n) is 5.04. The fourth-order valence-electron chi connectivity index (χ4n) is 2.19. The first kappa shape index (κ1) is 11.8. The van der Waals surface area contributed by atoms with Crippen molar-refractivity contribution in [1.82, 2.24) is 30.0 Å². The van der Waals surface area contributed by atoms with Gasteiger partial charge in [0.05, 0.1) is 17.7 Å². The number of rotatable bonds is 4. The van der Waals surface area contributed by atoms with Crippen molar-refractivity contribution in [3.8, 4) is 11.5 Å². The standard InChI is InChI=1S/C11H14N6O2/c1-7-5-8(16(2)13-7)9-12-14-15-17(9)6-11(3-4-11)10(18)19/h5H,3-4,6H2,1-2H3,(H,18,19). The second-order valence-corrected chi connectivity index (χ2v) is 5.04. The molecule has 8 heteroatoms. The van der Waals surface area contributed by atoms with Crippen LogP contribution in [0.25, 0.3) is 11.5 Å². The molecule has 1 fully saturated rings. The normalized spacial score (nSPS) is 16.5. The second kappa shape index (κ2) is 3.87. The highest BCUT2D eigenvalue weighted by Crippen LogP contribution is 2.47. The van der Waals surface area contributed by atoms with Crippen LogP contribution in [0.1, 0.15) is 18.5 Å². The van der Waals surface area contributed by atoms with Gasteiger partial charge in [-0.1, -0.05) is 0 Å². The van der Waals surface area contributed by atoms with Crippen LogP contribution in [-0.4, -0.2) is 41.1 Å². The Balaban J connectivity index is 1.95. The van der Waals surface area contributed by atoms with E-state index in [9.17, 15) is 9.90 Å². The van der Waals surface area contributed by atoms with Gasteiger partial charge in [-0.25, -0.2) is 4.68 Å². The van der Waals surface area contributed by atoms with Gasteiger partial charge in [0.15, 0.2) is 5.82 Å². The number of hydrogen-bond acceptors (Lipinski definition) is 5. The number of hydrogen-bond donors (Lipinski definition) is 1. The van der Waals surface area contributed by atoms with Crippen molar-refractivity contribution in [2.45, 2.75) is 26.3 Å². The van der Waals surface area contributed by atoms with Crippen LogP contribution >= 0.6 is 0 Å². The Morgan fingerprint density at radius 3 is 2.79 bits per heavy atom. The van der Waals surface area contributed by atoms with Gasteiger partial charge >= 0.3 is 5.97 Å². The minimum atomic E-state index is -0.782. The van der Waals surface area contributed by atoms with Crippen LogP contribution < -0.4 is 0 Å². The van der Waals surface area contributed by atoms with E-state index >= 15 is 0 Å². The molecule has 0 bridgehead atoms. The van der Waals surface area contributed by atoms with Crippen molar-refractivity contribution < 1.29 is 9.90 Å². The smallest absolute Gasteiger partial charge is 0.311 e. The van der Waals surface area contributed by atoms with Crippen molar-refractivity contribution in [1.29, 1.82) is 0 Å². The molecule has 100 valence electrons. The molecule has 0 spiro atoms. The molecule has 3 rings (SSSR count). The predicted molar refractivity (Wildman–Crippen MR) is 64.1 cm³/mol. The fraction of sp³-hybridized carbons (Fsp3) is 0.545. The fourth-order valence-corrected chi connectivity index (χ4v) is 2.19. The molecule has 2 aromatic rings. The Morgan fingerprint density at radius 1 is 1.53 bits per heavy atom. The average Bonchev–Trinajstić information content (AvgIpc) is 2.86. The summed E-state index contributed by atoms with van der Waals surface area (Å²) in [4.78, 5) is 11.2. The van der Waals surface area contributed by atoms with Crippen molar-refractivity contribution in [3.05, 3.63) is 11.8 Å². The molecule has 0 saturated heterocycles. The maximum atomic E-state index is 11.2. The van der Waals surface area contributed by atoms with Gasteiger partial charge in [-0.05, 0) is 36.3 Å². The van der Waals surface area contributed by atoms with Crippen LogP contribution in [0, 0.1) is 12.3 Å². The molecule has 1 aliphatic carbocycles. The van der Waals surface area contributed by atoms with E-state index in [-0.39, 0.29) is 0 Å². The zero-order valence-electron chi connectivity index (χ0n) is 10.7. The van der Waals surface area contributed by atoms with Crippen LogP contribution in [-0.2, 0) is 18.4 Å². The van der Waals surface area contributed by atoms with Gasteiger partial charge in [-0.3, -0.25) is 9.48 Å². The third-order valence-corrected chi connectivity index (χ3v) is 3.52. The molecule has 1 saturated carbocycles. The lowest BCUT2D eigenvalue weighted by molar-refractivity contribution is -0.144. The Labute approximate surface area is 109 Å². The van der Waals surface area contributed by atoms with Crippen LogP contribution in [0.2, 0.25) is 0 Å². The van der Waals surface area contributed by atoms with Gasteiger partial charge in [0, 0.05) is 7.05 Å². The van der Waals surface area contributed by atoms with Gasteiger partial charge in [-0.15, -0.1) is 5.10 Å². The van der Waals surface area contributed by atoms with Crippen molar-refractivity contribution in [2.75, 3.05) is 0 Å². The number of aromatic nitrogens is 6. The zero-order chi connectivity index (χ0) is 13.6. The first-order valence-corrected chi connectivity index (χ1v) is 6.02. The highest BCUT2D eigenvalue weighted by atomic mass is 16.4. The molecule has 0 radical (unpaired) electrons. The van der Waals surface area contributed by atoms with Gasteiger partial charge in [0.2, 0.25) is 0 Å². The molecule has 2 aromatic heterocycles. The zero-order valence-corrected chi connectivity index (χ0v) is 10.7. The number of carbonyl (C=O) groups is 1. The van der Waals surface area contributed by atoms with Crippen molar-refractivity contribution >= 4 is 5.97 Å². The topological polar surface area (TPSA) is 98.7 Å². The van der Waals surface area contributed by atoms with E-state index in [4.69, 9.17) is 0 Å². The van der Waals surface area contributed by atoms with Gasteiger partial charge in [0.1, 0.15) is 5.69 Å². The van der Waals surface area contributed by atoms with E-state index in [1.807, 2.05) is 20.0 Å². The van der Waals surface area contributed by atoms with Crippen LogP contribution in [0.4, 0.5) is 0 Å². The molecule has 8 nitrogen and oxygen atoms in total. The Bertz CT molecular complexity index is 639. The summed E-state index contributed by atoms with van der Waals surface area (Å²) in [6.45, 7) is 2.19. The summed E-state index contributed by atoms with van der Waals surface area (Å²) in [6.07, 6.45) is 1.35. The molecule has 1 aliphatic rings. The number of carboxylic acid groups (broad SMARTS) is 1.